The Morgan fingerprint density at radius 1 is 1.19 bits per heavy atom. The second-order valence-corrected chi connectivity index (χ2v) is 5.79. The third kappa shape index (κ3) is 3.46. The first kappa shape index (κ1) is 13.8. The van der Waals surface area contributed by atoms with E-state index < -0.39 is 0 Å². The van der Waals surface area contributed by atoms with Crippen molar-refractivity contribution in [1.82, 2.24) is 15.2 Å². The number of hydrogen-bond donors (Lipinski definition) is 2. The first-order valence-corrected chi connectivity index (χ1v) is 7.48. The van der Waals surface area contributed by atoms with Crippen molar-refractivity contribution in [1.29, 1.82) is 0 Å². The summed E-state index contributed by atoms with van der Waals surface area (Å²) in [5, 5.41) is 10.9. The number of nitrogens with zero attached hydrogens (tertiary/aromatic N) is 2. The lowest BCUT2D eigenvalue weighted by atomic mass is 10.2. The van der Waals surface area contributed by atoms with Crippen LogP contribution in [0.2, 0.25) is 0 Å². The SMILES string of the molecule is Cc1ccc(C(C)Nc2ccc(Sc3ncn[nH]3)cc2)o1. The zero-order chi connectivity index (χ0) is 14.7. The van der Waals surface area contributed by atoms with E-state index in [2.05, 4.69) is 39.6 Å². The number of H-pyrrole nitrogens is 1. The largest absolute Gasteiger partial charge is 0.464 e. The van der Waals surface area contributed by atoms with E-state index in [0.29, 0.717) is 0 Å². The average Bonchev–Trinajstić information content (AvgIpc) is 3.12. The zero-order valence-corrected chi connectivity index (χ0v) is 12.6. The average molecular weight is 300 g/mol. The van der Waals surface area contributed by atoms with Gasteiger partial charge in [0.2, 0.25) is 0 Å². The quantitative estimate of drug-likeness (QED) is 0.744. The summed E-state index contributed by atoms with van der Waals surface area (Å²) in [7, 11) is 0. The van der Waals surface area contributed by atoms with Crippen molar-refractivity contribution >= 4 is 17.4 Å². The predicted octanol–water partition coefficient (Wildman–Crippen LogP) is 4.03. The number of aromatic nitrogens is 3. The topological polar surface area (TPSA) is 66.7 Å². The Hall–Kier alpha value is -2.21. The van der Waals surface area contributed by atoms with E-state index in [9.17, 15) is 0 Å². The van der Waals surface area contributed by atoms with Gasteiger partial charge in [-0.25, -0.2) is 4.98 Å². The first-order chi connectivity index (χ1) is 10.2. The van der Waals surface area contributed by atoms with Crippen LogP contribution in [0.3, 0.4) is 0 Å². The molecule has 0 fully saturated rings. The Labute approximate surface area is 127 Å². The highest BCUT2D eigenvalue weighted by Crippen LogP contribution is 2.27. The highest BCUT2D eigenvalue weighted by atomic mass is 32.2. The smallest absolute Gasteiger partial charge is 0.188 e. The predicted molar refractivity (Wildman–Crippen MR) is 82.4 cm³/mol. The van der Waals surface area contributed by atoms with Crippen molar-refractivity contribution in [2.24, 2.45) is 0 Å². The van der Waals surface area contributed by atoms with Gasteiger partial charge in [-0.1, -0.05) is 11.8 Å². The van der Waals surface area contributed by atoms with Crippen molar-refractivity contribution in [3.05, 3.63) is 54.2 Å². The molecule has 0 radical (unpaired) electrons. The Balaban J connectivity index is 1.64. The van der Waals surface area contributed by atoms with Gasteiger partial charge < -0.3 is 9.73 Å². The first-order valence-electron chi connectivity index (χ1n) is 6.67. The van der Waals surface area contributed by atoms with Crippen molar-refractivity contribution in [2.45, 2.75) is 29.9 Å². The van der Waals surface area contributed by atoms with Gasteiger partial charge in [0, 0.05) is 10.6 Å². The molecule has 0 aliphatic heterocycles. The van der Waals surface area contributed by atoms with E-state index in [4.69, 9.17) is 4.42 Å². The Morgan fingerprint density at radius 3 is 2.62 bits per heavy atom. The molecule has 3 aromatic rings. The highest BCUT2D eigenvalue weighted by molar-refractivity contribution is 7.99. The van der Waals surface area contributed by atoms with Crippen molar-refractivity contribution in [2.75, 3.05) is 5.32 Å². The van der Waals surface area contributed by atoms with Gasteiger partial charge in [-0.15, -0.1) is 0 Å². The van der Waals surface area contributed by atoms with Crippen LogP contribution in [-0.4, -0.2) is 15.2 Å². The minimum absolute atomic E-state index is 0.131. The molecule has 3 rings (SSSR count). The molecule has 5 nitrogen and oxygen atoms in total. The van der Waals surface area contributed by atoms with Crippen LogP contribution in [0, 0.1) is 6.92 Å². The molecular formula is C15H16N4OS. The lowest BCUT2D eigenvalue weighted by Crippen LogP contribution is -2.05. The second-order valence-electron chi connectivity index (χ2n) is 4.73. The molecule has 6 heteroatoms. The minimum Gasteiger partial charge on any atom is -0.464 e. The summed E-state index contributed by atoms with van der Waals surface area (Å²) in [6, 6.07) is 12.3. The summed E-state index contributed by atoms with van der Waals surface area (Å²) in [6.45, 7) is 4.03. The minimum atomic E-state index is 0.131. The molecule has 0 bridgehead atoms. The molecule has 2 heterocycles. The standard InChI is InChI=1S/C15H16N4OS/c1-10-3-8-14(20-10)11(2)18-12-4-6-13(7-5-12)21-15-16-9-17-19-15/h3-9,11,18H,1-2H3,(H,16,17,19). The van der Waals surface area contributed by atoms with Crippen LogP contribution in [0.5, 0.6) is 0 Å². The number of furan rings is 1. The number of aryl methyl sites for hydroxylation is 1. The van der Waals surface area contributed by atoms with Gasteiger partial charge in [0.25, 0.3) is 0 Å². The van der Waals surface area contributed by atoms with E-state index in [0.717, 1.165) is 27.3 Å². The molecule has 108 valence electrons. The molecule has 1 atom stereocenters. The van der Waals surface area contributed by atoms with Crippen LogP contribution in [0.25, 0.3) is 0 Å². The normalized spacial score (nSPS) is 12.3. The third-order valence-electron chi connectivity index (χ3n) is 3.03. The third-order valence-corrected chi connectivity index (χ3v) is 3.93. The van der Waals surface area contributed by atoms with Crippen LogP contribution in [-0.2, 0) is 0 Å². The van der Waals surface area contributed by atoms with E-state index in [1.807, 2.05) is 31.2 Å². The van der Waals surface area contributed by atoms with Crippen LogP contribution < -0.4 is 5.32 Å². The van der Waals surface area contributed by atoms with Crippen molar-refractivity contribution < 1.29 is 4.42 Å². The van der Waals surface area contributed by atoms with Gasteiger partial charge in [-0.05, 0) is 50.2 Å². The fraction of sp³-hybridized carbons (Fsp3) is 0.200. The number of rotatable bonds is 5. The molecule has 0 aliphatic rings. The maximum Gasteiger partial charge on any atom is 0.188 e. The molecule has 0 spiro atoms. The number of hydrogen-bond acceptors (Lipinski definition) is 5. The maximum absolute atomic E-state index is 5.63. The molecule has 2 aromatic heterocycles. The van der Waals surface area contributed by atoms with Crippen LogP contribution in [0.4, 0.5) is 5.69 Å². The van der Waals surface area contributed by atoms with Crippen LogP contribution >= 0.6 is 11.8 Å². The fourth-order valence-electron chi connectivity index (χ4n) is 1.98. The Kier molecular flexibility index (Phi) is 3.96. The van der Waals surface area contributed by atoms with Crippen molar-refractivity contribution in [3.8, 4) is 0 Å². The van der Waals surface area contributed by atoms with E-state index >= 15 is 0 Å². The molecule has 2 N–H and O–H groups in total. The molecule has 1 aromatic carbocycles. The van der Waals surface area contributed by atoms with Gasteiger partial charge >= 0.3 is 0 Å². The molecule has 1 unspecified atom stereocenters. The Morgan fingerprint density at radius 2 is 2.00 bits per heavy atom. The summed E-state index contributed by atoms with van der Waals surface area (Å²) < 4.78 is 5.63. The number of benzene rings is 1. The summed E-state index contributed by atoms with van der Waals surface area (Å²) >= 11 is 1.55. The number of nitrogens with one attached hydrogen (secondary N) is 2. The summed E-state index contributed by atoms with van der Waals surface area (Å²) in [6.07, 6.45) is 1.51. The number of aromatic amines is 1. The maximum atomic E-state index is 5.63. The molecule has 0 saturated heterocycles. The molecule has 0 aliphatic carbocycles. The van der Waals surface area contributed by atoms with Gasteiger partial charge in [-0.3, -0.25) is 5.10 Å². The number of anilines is 1. The lowest BCUT2D eigenvalue weighted by Gasteiger charge is -2.13. The van der Waals surface area contributed by atoms with Gasteiger partial charge in [-0.2, -0.15) is 5.10 Å². The fourth-order valence-corrected chi connectivity index (χ4v) is 2.68. The van der Waals surface area contributed by atoms with E-state index in [1.54, 1.807) is 11.8 Å². The monoisotopic (exact) mass is 300 g/mol. The van der Waals surface area contributed by atoms with E-state index in [1.165, 1.54) is 6.33 Å². The van der Waals surface area contributed by atoms with Gasteiger partial charge in [0.1, 0.15) is 17.8 Å². The lowest BCUT2D eigenvalue weighted by molar-refractivity contribution is 0.467. The Bertz CT molecular complexity index is 691. The highest BCUT2D eigenvalue weighted by Gasteiger charge is 2.09. The van der Waals surface area contributed by atoms with Crippen LogP contribution in [0.15, 0.2) is 57.2 Å². The second kappa shape index (κ2) is 6.05. The molecule has 0 saturated carbocycles. The van der Waals surface area contributed by atoms with Crippen LogP contribution in [0.1, 0.15) is 24.5 Å². The van der Waals surface area contributed by atoms with E-state index in [-0.39, 0.29) is 6.04 Å². The summed E-state index contributed by atoms with van der Waals surface area (Å²) in [5.41, 5.74) is 1.05. The molecular weight excluding hydrogens is 284 g/mol. The zero-order valence-electron chi connectivity index (χ0n) is 11.8. The summed E-state index contributed by atoms with van der Waals surface area (Å²) in [4.78, 5) is 5.20. The van der Waals surface area contributed by atoms with Gasteiger partial charge in [0.15, 0.2) is 5.16 Å². The van der Waals surface area contributed by atoms with Gasteiger partial charge in [0.05, 0.1) is 6.04 Å². The van der Waals surface area contributed by atoms with Crippen molar-refractivity contribution in [3.63, 3.8) is 0 Å². The summed E-state index contributed by atoms with van der Waals surface area (Å²) in [5.74, 6) is 1.87. The molecule has 21 heavy (non-hydrogen) atoms. The molecule has 0 amide bonds.